The maximum atomic E-state index is 13.2. The van der Waals surface area contributed by atoms with Crippen molar-refractivity contribution in [1.82, 2.24) is 4.90 Å². The first-order valence-corrected chi connectivity index (χ1v) is 8.06. The van der Waals surface area contributed by atoms with Gasteiger partial charge < -0.3 is 19.5 Å². The summed E-state index contributed by atoms with van der Waals surface area (Å²) < 4.78 is 36.6. The third kappa shape index (κ3) is 5.95. The standard InChI is InChI=1S/C19H19F2NO5/c1-12(27-15-7-8-16(20)17(21)9-15)19(25)22(2)10-13-3-5-14(6-4-13)26-11-18(23)24/h3-9,12H,10-11H2,1-2H3,(H,23,24). The van der Waals surface area contributed by atoms with Crippen LogP contribution in [0.25, 0.3) is 0 Å². The third-order valence-corrected chi connectivity index (χ3v) is 3.63. The van der Waals surface area contributed by atoms with Crippen LogP contribution in [-0.2, 0) is 16.1 Å². The molecule has 1 unspecified atom stereocenters. The zero-order valence-corrected chi connectivity index (χ0v) is 14.8. The highest BCUT2D eigenvalue weighted by atomic mass is 19.2. The molecule has 0 fully saturated rings. The van der Waals surface area contributed by atoms with Crippen molar-refractivity contribution in [3.8, 4) is 11.5 Å². The average molecular weight is 379 g/mol. The predicted molar refractivity (Wildman–Crippen MR) is 92.5 cm³/mol. The van der Waals surface area contributed by atoms with Gasteiger partial charge in [0.1, 0.15) is 11.5 Å². The number of benzene rings is 2. The van der Waals surface area contributed by atoms with E-state index in [-0.39, 0.29) is 18.2 Å². The Labute approximate surface area is 154 Å². The molecule has 144 valence electrons. The second-order valence-corrected chi connectivity index (χ2v) is 5.86. The molecule has 0 aliphatic heterocycles. The molecule has 2 rings (SSSR count). The number of carboxylic acid groups (broad SMARTS) is 1. The quantitative estimate of drug-likeness (QED) is 0.763. The molecule has 6 nitrogen and oxygen atoms in total. The molecule has 0 radical (unpaired) electrons. The van der Waals surface area contributed by atoms with Crippen LogP contribution in [0.3, 0.4) is 0 Å². The third-order valence-electron chi connectivity index (χ3n) is 3.63. The van der Waals surface area contributed by atoms with E-state index in [1.165, 1.54) is 17.9 Å². The minimum absolute atomic E-state index is 0.0584. The first-order chi connectivity index (χ1) is 12.8. The highest BCUT2D eigenvalue weighted by Crippen LogP contribution is 2.18. The van der Waals surface area contributed by atoms with E-state index < -0.39 is 30.3 Å². The Hall–Kier alpha value is -3.16. The lowest BCUT2D eigenvalue weighted by Crippen LogP contribution is -2.37. The van der Waals surface area contributed by atoms with E-state index in [9.17, 15) is 18.4 Å². The number of rotatable bonds is 8. The highest BCUT2D eigenvalue weighted by Gasteiger charge is 2.20. The van der Waals surface area contributed by atoms with E-state index in [1.54, 1.807) is 31.3 Å². The van der Waals surface area contributed by atoms with E-state index in [0.29, 0.717) is 5.75 Å². The molecule has 0 heterocycles. The summed E-state index contributed by atoms with van der Waals surface area (Å²) in [5.74, 6) is -2.99. The van der Waals surface area contributed by atoms with Gasteiger partial charge in [0.25, 0.3) is 5.91 Å². The molecule has 27 heavy (non-hydrogen) atoms. The molecule has 1 N–H and O–H groups in total. The van der Waals surface area contributed by atoms with Crippen LogP contribution < -0.4 is 9.47 Å². The molecule has 1 amide bonds. The number of carboxylic acids is 1. The number of carbonyl (C=O) groups is 2. The first kappa shape index (κ1) is 20.2. The summed E-state index contributed by atoms with van der Waals surface area (Å²) in [6.07, 6.45) is -0.891. The fourth-order valence-corrected chi connectivity index (χ4v) is 2.30. The zero-order chi connectivity index (χ0) is 20.0. The number of aliphatic carboxylic acids is 1. The molecule has 0 aliphatic carbocycles. The van der Waals surface area contributed by atoms with Gasteiger partial charge in [0.05, 0.1) is 0 Å². The molecule has 0 aromatic heterocycles. The van der Waals surface area contributed by atoms with Gasteiger partial charge in [-0.05, 0) is 36.8 Å². The fourth-order valence-electron chi connectivity index (χ4n) is 2.30. The summed E-state index contributed by atoms with van der Waals surface area (Å²) in [7, 11) is 1.59. The van der Waals surface area contributed by atoms with Gasteiger partial charge in [-0.1, -0.05) is 12.1 Å². The Kier molecular flexibility index (Phi) is 6.70. The minimum Gasteiger partial charge on any atom is -0.482 e. The normalized spacial score (nSPS) is 11.6. The smallest absolute Gasteiger partial charge is 0.341 e. The topological polar surface area (TPSA) is 76.1 Å². The molecule has 2 aromatic rings. The lowest BCUT2D eigenvalue weighted by Gasteiger charge is -2.22. The van der Waals surface area contributed by atoms with E-state index in [0.717, 1.165) is 17.7 Å². The van der Waals surface area contributed by atoms with Crippen LogP contribution in [0, 0.1) is 11.6 Å². The maximum absolute atomic E-state index is 13.2. The number of hydrogen-bond acceptors (Lipinski definition) is 4. The van der Waals surface area contributed by atoms with Gasteiger partial charge in [-0.25, -0.2) is 13.6 Å². The van der Waals surface area contributed by atoms with Crippen molar-refractivity contribution in [3.05, 3.63) is 59.7 Å². The van der Waals surface area contributed by atoms with Crippen molar-refractivity contribution in [3.63, 3.8) is 0 Å². The summed E-state index contributed by atoms with van der Waals surface area (Å²) in [5.41, 5.74) is 0.800. The van der Waals surface area contributed by atoms with E-state index >= 15 is 0 Å². The summed E-state index contributed by atoms with van der Waals surface area (Å²) in [6.45, 7) is 1.36. The summed E-state index contributed by atoms with van der Waals surface area (Å²) >= 11 is 0. The van der Waals surface area contributed by atoms with Crippen molar-refractivity contribution in [2.45, 2.75) is 19.6 Å². The van der Waals surface area contributed by atoms with Crippen LogP contribution in [0.15, 0.2) is 42.5 Å². The zero-order valence-electron chi connectivity index (χ0n) is 14.8. The van der Waals surface area contributed by atoms with E-state index in [1.807, 2.05) is 0 Å². The van der Waals surface area contributed by atoms with Crippen molar-refractivity contribution >= 4 is 11.9 Å². The molecule has 0 saturated carbocycles. The molecule has 0 aliphatic rings. The summed E-state index contributed by atoms with van der Waals surface area (Å²) in [5, 5.41) is 8.58. The van der Waals surface area contributed by atoms with Crippen molar-refractivity contribution in [1.29, 1.82) is 0 Å². The molecule has 1 atom stereocenters. The van der Waals surface area contributed by atoms with E-state index in [4.69, 9.17) is 14.6 Å². The van der Waals surface area contributed by atoms with Crippen LogP contribution in [-0.4, -0.2) is 41.6 Å². The molecule has 0 bridgehead atoms. The van der Waals surface area contributed by atoms with Gasteiger partial charge in [-0.15, -0.1) is 0 Å². The number of carbonyl (C=O) groups excluding carboxylic acids is 1. The second-order valence-electron chi connectivity index (χ2n) is 5.86. The molecule has 8 heteroatoms. The lowest BCUT2D eigenvalue weighted by molar-refractivity contribution is -0.139. The monoisotopic (exact) mass is 379 g/mol. The van der Waals surface area contributed by atoms with Gasteiger partial charge in [0, 0.05) is 19.7 Å². The Balaban J connectivity index is 1.91. The van der Waals surface area contributed by atoms with Crippen molar-refractivity contribution in [2.24, 2.45) is 0 Å². The number of ether oxygens (including phenoxy) is 2. The van der Waals surface area contributed by atoms with Crippen molar-refractivity contribution < 1.29 is 33.0 Å². The molecule has 0 saturated heterocycles. The Morgan fingerprint density at radius 3 is 2.30 bits per heavy atom. The average Bonchev–Trinajstić information content (AvgIpc) is 2.63. The first-order valence-electron chi connectivity index (χ1n) is 8.06. The van der Waals surface area contributed by atoms with Gasteiger partial charge in [0.2, 0.25) is 0 Å². The Morgan fingerprint density at radius 1 is 1.07 bits per heavy atom. The summed E-state index contributed by atoms with van der Waals surface area (Å²) in [4.78, 5) is 24.3. The number of nitrogens with zero attached hydrogens (tertiary/aromatic N) is 1. The van der Waals surface area contributed by atoms with E-state index in [2.05, 4.69) is 0 Å². The lowest BCUT2D eigenvalue weighted by atomic mass is 10.2. The minimum atomic E-state index is -1.07. The van der Waals surface area contributed by atoms with Crippen LogP contribution >= 0.6 is 0 Å². The van der Waals surface area contributed by atoms with Gasteiger partial charge in [-0.2, -0.15) is 0 Å². The Morgan fingerprint density at radius 2 is 1.70 bits per heavy atom. The molecular formula is C19H19F2NO5. The Bertz CT molecular complexity index is 810. The predicted octanol–water partition coefficient (Wildman–Crippen LogP) is 2.85. The van der Waals surface area contributed by atoms with Crippen LogP contribution in [0.1, 0.15) is 12.5 Å². The SMILES string of the molecule is CC(Oc1ccc(F)c(F)c1)C(=O)N(C)Cc1ccc(OCC(=O)O)cc1. The maximum Gasteiger partial charge on any atom is 0.341 e. The molecule has 0 spiro atoms. The number of hydrogen-bond donors (Lipinski definition) is 1. The summed E-state index contributed by atoms with van der Waals surface area (Å²) in [6, 6.07) is 9.70. The molecule has 2 aromatic carbocycles. The van der Waals surface area contributed by atoms with Crippen LogP contribution in [0.2, 0.25) is 0 Å². The van der Waals surface area contributed by atoms with Crippen LogP contribution in [0.5, 0.6) is 11.5 Å². The van der Waals surface area contributed by atoms with Crippen LogP contribution in [0.4, 0.5) is 8.78 Å². The van der Waals surface area contributed by atoms with Crippen molar-refractivity contribution in [2.75, 3.05) is 13.7 Å². The number of likely N-dealkylation sites (N-methyl/N-ethyl adjacent to an activating group) is 1. The second kappa shape index (κ2) is 8.98. The van der Waals surface area contributed by atoms with Gasteiger partial charge in [0.15, 0.2) is 24.3 Å². The van der Waals surface area contributed by atoms with Gasteiger partial charge >= 0.3 is 5.97 Å². The molecular weight excluding hydrogens is 360 g/mol. The van der Waals surface area contributed by atoms with Gasteiger partial charge in [-0.3, -0.25) is 4.79 Å². The highest BCUT2D eigenvalue weighted by molar-refractivity contribution is 5.80. The largest absolute Gasteiger partial charge is 0.482 e. The number of amides is 1. The number of halogens is 2. The fraction of sp³-hybridized carbons (Fsp3) is 0.263.